The van der Waals surface area contributed by atoms with Crippen molar-refractivity contribution in [2.24, 2.45) is 0 Å². The molecule has 0 saturated heterocycles. The van der Waals surface area contributed by atoms with E-state index in [9.17, 15) is 22.0 Å². The van der Waals surface area contributed by atoms with Gasteiger partial charge in [-0.1, -0.05) is 15.9 Å². The number of benzene rings is 1. The van der Waals surface area contributed by atoms with Crippen molar-refractivity contribution in [3.05, 3.63) is 28.2 Å². The summed E-state index contributed by atoms with van der Waals surface area (Å²) in [7, 11) is 0. The van der Waals surface area contributed by atoms with Gasteiger partial charge in [0.2, 0.25) is 0 Å². The summed E-state index contributed by atoms with van der Waals surface area (Å²) in [5.41, 5.74) is -0.395. The summed E-state index contributed by atoms with van der Waals surface area (Å²) in [6.45, 7) is -1.83. The first-order valence-corrected chi connectivity index (χ1v) is 5.62. The SMILES string of the molecule is Fc1cc(Br)cc(F)c1NCCOCC(F)(F)F. The van der Waals surface area contributed by atoms with Crippen molar-refractivity contribution in [3.63, 3.8) is 0 Å². The molecule has 0 spiro atoms. The van der Waals surface area contributed by atoms with Crippen LogP contribution in [0.2, 0.25) is 0 Å². The standard InChI is InChI=1S/C10H9BrF5NO/c11-6-3-7(12)9(8(13)4-6)17-1-2-18-5-10(14,15)16/h3-4,17H,1-2,5H2. The van der Waals surface area contributed by atoms with E-state index in [0.29, 0.717) is 0 Å². The van der Waals surface area contributed by atoms with Crippen molar-refractivity contribution < 1.29 is 26.7 Å². The third kappa shape index (κ3) is 5.18. The zero-order valence-corrected chi connectivity index (χ0v) is 10.5. The van der Waals surface area contributed by atoms with E-state index in [0.717, 1.165) is 12.1 Å². The number of alkyl halides is 3. The van der Waals surface area contributed by atoms with Crippen LogP contribution in [-0.4, -0.2) is 25.9 Å². The lowest BCUT2D eigenvalue weighted by atomic mass is 10.3. The van der Waals surface area contributed by atoms with Gasteiger partial charge in [-0.25, -0.2) is 8.78 Å². The van der Waals surface area contributed by atoms with Crippen LogP contribution in [0.5, 0.6) is 0 Å². The predicted molar refractivity (Wildman–Crippen MR) is 59.4 cm³/mol. The second-order valence-electron chi connectivity index (χ2n) is 3.34. The average molecular weight is 334 g/mol. The molecule has 0 aromatic heterocycles. The summed E-state index contributed by atoms with van der Waals surface area (Å²) < 4.78 is 66.2. The van der Waals surface area contributed by atoms with Crippen LogP contribution in [0.1, 0.15) is 0 Å². The van der Waals surface area contributed by atoms with Crippen LogP contribution in [0.15, 0.2) is 16.6 Å². The predicted octanol–water partition coefficient (Wildman–Crippen LogP) is 3.72. The van der Waals surface area contributed by atoms with Crippen LogP contribution in [0.25, 0.3) is 0 Å². The first-order chi connectivity index (χ1) is 8.29. The number of rotatable bonds is 5. The zero-order valence-electron chi connectivity index (χ0n) is 8.95. The maximum Gasteiger partial charge on any atom is 0.411 e. The quantitative estimate of drug-likeness (QED) is 0.655. The lowest BCUT2D eigenvalue weighted by Crippen LogP contribution is -2.20. The Balaban J connectivity index is 2.41. The number of ether oxygens (including phenoxy) is 1. The molecule has 0 radical (unpaired) electrons. The Morgan fingerprint density at radius 1 is 1.17 bits per heavy atom. The molecule has 0 unspecified atom stereocenters. The average Bonchev–Trinajstić information content (AvgIpc) is 2.19. The van der Waals surface area contributed by atoms with E-state index in [4.69, 9.17) is 0 Å². The van der Waals surface area contributed by atoms with Crippen molar-refractivity contribution in [1.82, 2.24) is 0 Å². The Hall–Kier alpha value is -0.890. The van der Waals surface area contributed by atoms with E-state index < -0.39 is 30.1 Å². The number of nitrogens with one attached hydrogen (secondary N) is 1. The summed E-state index contributed by atoms with van der Waals surface area (Å²) in [4.78, 5) is 0. The number of hydrogen-bond acceptors (Lipinski definition) is 2. The van der Waals surface area contributed by atoms with Crippen molar-refractivity contribution in [2.75, 3.05) is 25.1 Å². The fraction of sp³-hybridized carbons (Fsp3) is 0.400. The first kappa shape index (κ1) is 15.2. The molecule has 8 heteroatoms. The van der Waals surface area contributed by atoms with Gasteiger partial charge in [-0.15, -0.1) is 0 Å². The summed E-state index contributed by atoms with van der Waals surface area (Å²) in [5, 5.41) is 2.33. The van der Waals surface area contributed by atoms with Crippen molar-refractivity contribution in [3.8, 4) is 0 Å². The molecule has 1 N–H and O–H groups in total. The Bertz CT molecular complexity index is 387. The highest BCUT2D eigenvalue weighted by atomic mass is 79.9. The molecule has 18 heavy (non-hydrogen) atoms. The molecule has 0 fully saturated rings. The van der Waals surface area contributed by atoms with Gasteiger partial charge in [0.25, 0.3) is 0 Å². The fourth-order valence-electron chi connectivity index (χ4n) is 1.15. The second-order valence-corrected chi connectivity index (χ2v) is 4.25. The molecule has 0 amide bonds. The normalized spacial score (nSPS) is 11.7. The van der Waals surface area contributed by atoms with Crippen LogP contribution in [0, 0.1) is 11.6 Å². The third-order valence-electron chi connectivity index (χ3n) is 1.82. The largest absolute Gasteiger partial charge is 0.411 e. The lowest BCUT2D eigenvalue weighted by Gasteiger charge is -2.10. The maximum atomic E-state index is 13.3. The molecule has 2 nitrogen and oxygen atoms in total. The van der Waals surface area contributed by atoms with E-state index in [1.807, 2.05) is 0 Å². The van der Waals surface area contributed by atoms with Gasteiger partial charge in [-0.05, 0) is 12.1 Å². The van der Waals surface area contributed by atoms with Gasteiger partial charge in [0.1, 0.15) is 23.9 Å². The van der Waals surface area contributed by atoms with E-state index >= 15 is 0 Å². The summed E-state index contributed by atoms with van der Waals surface area (Å²) >= 11 is 2.90. The van der Waals surface area contributed by atoms with Crippen molar-refractivity contribution in [1.29, 1.82) is 0 Å². The molecule has 0 heterocycles. The highest BCUT2D eigenvalue weighted by Gasteiger charge is 2.27. The molecule has 0 aliphatic heterocycles. The number of halogens is 6. The van der Waals surface area contributed by atoms with Gasteiger partial charge in [0.15, 0.2) is 0 Å². The molecular formula is C10H9BrF5NO. The molecule has 1 aromatic carbocycles. The van der Waals surface area contributed by atoms with Crippen molar-refractivity contribution >= 4 is 21.6 Å². The molecule has 0 aliphatic rings. The fourth-order valence-corrected chi connectivity index (χ4v) is 1.55. The Labute approximate surface area is 108 Å². The summed E-state index contributed by atoms with van der Waals surface area (Å²) in [6, 6.07) is 2.09. The molecule has 1 rings (SSSR count). The Morgan fingerprint density at radius 3 is 2.22 bits per heavy atom. The Kier molecular flexibility index (Phi) is 5.33. The van der Waals surface area contributed by atoms with Gasteiger partial charge in [0.05, 0.1) is 6.61 Å². The van der Waals surface area contributed by atoms with E-state index in [1.54, 1.807) is 0 Å². The smallest absolute Gasteiger partial charge is 0.378 e. The molecule has 102 valence electrons. The summed E-state index contributed by atoms with van der Waals surface area (Å²) in [6.07, 6.45) is -4.41. The van der Waals surface area contributed by atoms with Crippen LogP contribution < -0.4 is 5.32 Å². The molecule has 0 bridgehead atoms. The molecule has 0 atom stereocenters. The molecule has 0 aliphatic carbocycles. The first-order valence-electron chi connectivity index (χ1n) is 4.82. The number of hydrogen-bond donors (Lipinski definition) is 1. The molecule has 1 aromatic rings. The monoisotopic (exact) mass is 333 g/mol. The minimum atomic E-state index is -4.41. The minimum absolute atomic E-state index is 0.133. The highest BCUT2D eigenvalue weighted by molar-refractivity contribution is 9.10. The van der Waals surface area contributed by atoms with Gasteiger partial charge in [-0.3, -0.25) is 0 Å². The van der Waals surface area contributed by atoms with Crippen LogP contribution >= 0.6 is 15.9 Å². The highest BCUT2D eigenvalue weighted by Crippen LogP contribution is 2.23. The van der Waals surface area contributed by atoms with Crippen molar-refractivity contribution in [2.45, 2.75) is 6.18 Å². The Morgan fingerprint density at radius 2 is 1.72 bits per heavy atom. The lowest BCUT2D eigenvalue weighted by molar-refractivity contribution is -0.172. The topological polar surface area (TPSA) is 21.3 Å². The van der Waals surface area contributed by atoms with E-state index in [1.165, 1.54) is 0 Å². The number of anilines is 1. The maximum absolute atomic E-state index is 13.3. The zero-order chi connectivity index (χ0) is 13.8. The third-order valence-corrected chi connectivity index (χ3v) is 2.28. The van der Waals surface area contributed by atoms with E-state index in [-0.39, 0.29) is 17.6 Å². The van der Waals surface area contributed by atoms with Crippen LogP contribution in [0.3, 0.4) is 0 Å². The van der Waals surface area contributed by atoms with Gasteiger partial charge in [0, 0.05) is 11.0 Å². The second kappa shape index (κ2) is 6.33. The van der Waals surface area contributed by atoms with Gasteiger partial charge in [-0.2, -0.15) is 13.2 Å². The summed E-state index contributed by atoms with van der Waals surface area (Å²) in [5.74, 6) is -1.67. The van der Waals surface area contributed by atoms with Crippen LogP contribution in [0.4, 0.5) is 27.6 Å². The van der Waals surface area contributed by atoms with Gasteiger partial charge >= 0.3 is 6.18 Å². The minimum Gasteiger partial charge on any atom is -0.378 e. The van der Waals surface area contributed by atoms with E-state index in [2.05, 4.69) is 26.0 Å². The molecular weight excluding hydrogens is 325 g/mol. The van der Waals surface area contributed by atoms with Crippen LogP contribution in [-0.2, 0) is 4.74 Å². The van der Waals surface area contributed by atoms with Gasteiger partial charge < -0.3 is 10.1 Å². The molecule has 0 saturated carbocycles.